The first-order chi connectivity index (χ1) is 14.4. The lowest BCUT2D eigenvalue weighted by molar-refractivity contribution is 0.0921. The van der Waals surface area contributed by atoms with Gasteiger partial charge in [-0.15, -0.1) is 0 Å². The van der Waals surface area contributed by atoms with Crippen molar-refractivity contribution in [1.29, 1.82) is 0 Å². The fourth-order valence-electron chi connectivity index (χ4n) is 4.69. The van der Waals surface area contributed by atoms with Crippen molar-refractivity contribution < 1.29 is 14.4 Å². The van der Waals surface area contributed by atoms with Crippen LogP contribution in [-0.4, -0.2) is 48.9 Å². The van der Waals surface area contributed by atoms with E-state index in [1.165, 1.54) is 32.4 Å². The van der Waals surface area contributed by atoms with Crippen LogP contribution < -0.4 is 5.73 Å². The zero-order chi connectivity index (χ0) is 20.9. The summed E-state index contributed by atoms with van der Waals surface area (Å²) >= 11 is 0. The monoisotopic (exact) mass is 427 g/mol. The second-order valence-electron chi connectivity index (χ2n) is 8.58. The molecule has 0 spiro atoms. The van der Waals surface area contributed by atoms with Gasteiger partial charge in [0, 0.05) is 24.3 Å². The molecular formula is C21H26N5O3P. The van der Waals surface area contributed by atoms with Crippen LogP contribution in [0, 0.1) is 5.92 Å². The van der Waals surface area contributed by atoms with E-state index in [9.17, 15) is 14.4 Å². The molecule has 0 atom stereocenters. The van der Waals surface area contributed by atoms with Crippen LogP contribution in [0.15, 0.2) is 36.8 Å². The molecular weight excluding hydrogens is 401 g/mol. The molecule has 2 fully saturated rings. The fraction of sp³-hybridized carbons (Fsp3) is 0.429. The third kappa shape index (κ3) is 3.76. The smallest absolute Gasteiger partial charge is 0.329 e. The molecule has 2 aliphatic rings. The summed E-state index contributed by atoms with van der Waals surface area (Å²) in [6.45, 7) is 3.64. The van der Waals surface area contributed by atoms with E-state index in [-0.39, 0.29) is 6.16 Å². The van der Waals surface area contributed by atoms with Crippen LogP contribution in [0.4, 0.5) is 5.82 Å². The van der Waals surface area contributed by atoms with Crippen LogP contribution in [0.3, 0.4) is 0 Å². The number of anilines is 1. The van der Waals surface area contributed by atoms with Crippen LogP contribution >= 0.6 is 7.60 Å². The van der Waals surface area contributed by atoms with Crippen LogP contribution in [-0.2, 0) is 10.7 Å². The summed E-state index contributed by atoms with van der Waals surface area (Å²) in [7, 11) is -4.14. The first-order valence-electron chi connectivity index (χ1n) is 10.3. The Morgan fingerprint density at radius 1 is 1.20 bits per heavy atom. The Morgan fingerprint density at radius 2 is 2.00 bits per heavy atom. The summed E-state index contributed by atoms with van der Waals surface area (Å²) in [6, 6.07) is 7.68. The molecule has 3 aromatic rings. The SMILES string of the molecule is Nc1ncnc2c1c(-c1cccc(CP(=O)(O)O)c1)cn2C1CC(CN2CCC2)C1. The van der Waals surface area contributed by atoms with Gasteiger partial charge < -0.3 is 25.0 Å². The minimum atomic E-state index is -4.14. The summed E-state index contributed by atoms with van der Waals surface area (Å²) in [5, 5.41) is 0.803. The highest BCUT2D eigenvalue weighted by Gasteiger charge is 2.34. The number of benzene rings is 1. The molecule has 8 nitrogen and oxygen atoms in total. The molecule has 0 amide bonds. The van der Waals surface area contributed by atoms with E-state index in [1.807, 2.05) is 18.2 Å². The standard InChI is InChI=1S/C21H26N5O3P/c22-20-19-18(16-4-1-3-14(7-16)12-30(27,28)29)11-26(21(19)24-13-23-20)17-8-15(9-17)10-25-5-2-6-25/h1,3-4,7,11,13,15,17H,2,5-6,8-10,12H2,(H2,22,23,24)(H2,27,28,29). The largest absolute Gasteiger partial charge is 0.383 e. The molecule has 1 aliphatic carbocycles. The molecule has 1 aliphatic heterocycles. The second-order valence-corrected chi connectivity index (χ2v) is 10.2. The minimum absolute atomic E-state index is 0.285. The first-order valence-corrected chi connectivity index (χ1v) is 12.1. The highest BCUT2D eigenvalue weighted by atomic mass is 31.2. The van der Waals surface area contributed by atoms with E-state index < -0.39 is 7.60 Å². The zero-order valence-electron chi connectivity index (χ0n) is 16.7. The van der Waals surface area contributed by atoms with Crippen LogP contribution in [0.1, 0.15) is 30.9 Å². The molecule has 30 heavy (non-hydrogen) atoms. The van der Waals surface area contributed by atoms with Crippen molar-refractivity contribution in [3.05, 3.63) is 42.4 Å². The summed E-state index contributed by atoms with van der Waals surface area (Å²) < 4.78 is 13.6. The maximum absolute atomic E-state index is 11.4. The Morgan fingerprint density at radius 3 is 2.70 bits per heavy atom. The summed E-state index contributed by atoms with van der Waals surface area (Å²) in [5.74, 6) is 1.15. The number of hydrogen-bond acceptors (Lipinski definition) is 5. The molecule has 0 bridgehead atoms. The van der Waals surface area contributed by atoms with Crippen molar-refractivity contribution in [3.63, 3.8) is 0 Å². The number of fused-ring (bicyclic) bond motifs is 1. The average Bonchev–Trinajstić information content (AvgIpc) is 2.99. The fourth-order valence-corrected chi connectivity index (χ4v) is 5.36. The van der Waals surface area contributed by atoms with Gasteiger partial charge in [0.1, 0.15) is 17.8 Å². The van der Waals surface area contributed by atoms with Crippen molar-refractivity contribution in [2.24, 2.45) is 5.92 Å². The second kappa shape index (κ2) is 7.46. The van der Waals surface area contributed by atoms with Gasteiger partial charge in [-0.3, -0.25) is 4.57 Å². The van der Waals surface area contributed by atoms with E-state index in [4.69, 9.17) is 5.73 Å². The van der Waals surface area contributed by atoms with Gasteiger partial charge in [-0.2, -0.15) is 0 Å². The molecule has 0 radical (unpaired) electrons. The Bertz CT molecular complexity index is 1130. The van der Waals surface area contributed by atoms with Gasteiger partial charge >= 0.3 is 7.60 Å². The van der Waals surface area contributed by atoms with Gasteiger partial charge in [-0.05, 0) is 49.4 Å². The van der Waals surface area contributed by atoms with E-state index in [1.54, 1.807) is 6.07 Å². The molecule has 5 rings (SSSR count). The molecule has 158 valence electrons. The maximum atomic E-state index is 11.4. The third-order valence-electron chi connectivity index (χ3n) is 6.33. The number of aromatic nitrogens is 3. The van der Waals surface area contributed by atoms with E-state index in [0.717, 1.165) is 40.9 Å². The van der Waals surface area contributed by atoms with Gasteiger partial charge in [-0.1, -0.05) is 24.3 Å². The summed E-state index contributed by atoms with van der Waals surface area (Å²) in [4.78, 5) is 29.9. The van der Waals surface area contributed by atoms with Gasteiger partial charge in [0.15, 0.2) is 0 Å². The average molecular weight is 427 g/mol. The zero-order valence-corrected chi connectivity index (χ0v) is 17.6. The Hall–Kier alpha value is -2.25. The van der Waals surface area contributed by atoms with Crippen LogP contribution in [0.2, 0.25) is 0 Å². The molecule has 0 unspecified atom stereocenters. The normalized spacial score (nSPS) is 22.1. The predicted octanol–water partition coefficient (Wildman–Crippen LogP) is 3.02. The molecule has 1 saturated carbocycles. The van der Waals surface area contributed by atoms with Gasteiger partial charge in [0.25, 0.3) is 0 Å². The number of hydrogen-bond donors (Lipinski definition) is 3. The molecule has 4 N–H and O–H groups in total. The topological polar surface area (TPSA) is 118 Å². The van der Waals surface area contributed by atoms with Gasteiger partial charge in [0.2, 0.25) is 0 Å². The number of rotatable bonds is 6. The lowest BCUT2D eigenvalue weighted by Crippen LogP contribution is -2.43. The third-order valence-corrected chi connectivity index (χ3v) is 7.11. The van der Waals surface area contributed by atoms with Crippen molar-refractivity contribution in [2.45, 2.75) is 31.5 Å². The predicted molar refractivity (Wildman–Crippen MR) is 116 cm³/mol. The van der Waals surface area contributed by atoms with Crippen molar-refractivity contribution in [2.75, 3.05) is 25.4 Å². The molecule has 9 heteroatoms. The van der Waals surface area contributed by atoms with E-state index in [0.29, 0.717) is 17.4 Å². The van der Waals surface area contributed by atoms with Crippen LogP contribution in [0.5, 0.6) is 0 Å². The molecule has 1 saturated heterocycles. The Balaban J connectivity index is 1.48. The number of nitrogens with two attached hydrogens (primary N) is 1. The van der Waals surface area contributed by atoms with Crippen molar-refractivity contribution >= 4 is 24.4 Å². The summed E-state index contributed by atoms with van der Waals surface area (Å²) in [5.41, 5.74) is 9.42. The highest BCUT2D eigenvalue weighted by molar-refractivity contribution is 7.50. The van der Waals surface area contributed by atoms with Gasteiger partial charge in [0.05, 0.1) is 11.5 Å². The van der Waals surface area contributed by atoms with E-state index >= 15 is 0 Å². The maximum Gasteiger partial charge on any atom is 0.329 e. The minimum Gasteiger partial charge on any atom is -0.383 e. The van der Waals surface area contributed by atoms with Crippen molar-refractivity contribution in [3.8, 4) is 11.1 Å². The number of likely N-dealkylation sites (tertiary alicyclic amines) is 1. The quantitative estimate of drug-likeness (QED) is 0.518. The molecule has 1 aromatic carbocycles. The highest BCUT2D eigenvalue weighted by Crippen LogP contribution is 2.44. The lowest BCUT2D eigenvalue weighted by atomic mass is 9.79. The molecule has 3 heterocycles. The summed E-state index contributed by atoms with van der Waals surface area (Å²) in [6.07, 6.45) is 6.87. The van der Waals surface area contributed by atoms with Crippen molar-refractivity contribution in [1.82, 2.24) is 19.4 Å². The van der Waals surface area contributed by atoms with Gasteiger partial charge in [-0.25, -0.2) is 9.97 Å². The lowest BCUT2D eigenvalue weighted by Gasteiger charge is -2.42. The Labute approximate surface area is 174 Å². The van der Waals surface area contributed by atoms with Crippen LogP contribution in [0.25, 0.3) is 22.2 Å². The molecule has 2 aromatic heterocycles. The number of nitrogen functional groups attached to an aromatic ring is 1. The number of nitrogens with zero attached hydrogens (tertiary/aromatic N) is 4. The first kappa shape index (κ1) is 19.7. The Kier molecular flexibility index (Phi) is 4.90. The van der Waals surface area contributed by atoms with E-state index in [2.05, 4.69) is 25.6 Å².